The molecule has 0 aromatic carbocycles. The Kier molecular flexibility index (Phi) is 35.2. The molecule has 0 fully saturated rings. The molecule has 136 valence electrons. The fourth-order valence-electron chi connectivity index (χ4n) is 1.86. The standard InChI is InChI=1S/C14H27NO3.C3H6O2.2Na/c1-2-3-4-5-6-7-8-9-10-11-13(16)15-12-14(17)18;1-2-3(4)5;;/h2-12H2,1H3,(H,15,16)(H,17,18);2H2,1H3,(H,4,5);;/q;;2*+1/p-2. The van der Waals surface area contributed by atoms with Crippen LogP contribution in [-0.2, 0) is 14.4 Å². The van der Waals surface area contributed by atoms with Crippen molar-refractivity contribution in [1.29, 1.82) is 0 Å². The van der Waals surface area contributed by atoms with Gasteiger partial charge in [-0.25, -0.2) is 0 Å². The summed E-state index contributed by atoms with van der Waals surface area (Å²) in [6, 6.07) is 0. The zero-order chi connectivity index (χ0) is 17.9. The third kappa shape index (κ3) is 36.2. The van der Waals surface area contributed by atoms with Crippen molar-refractivity contribution in [3.63, 3.8) is 0 Å². The van der Waals surface area contributed by atoms with E-state index in [1.807, 2.05) is 0 Å². The summed E-state index contributed by atoms with van der Waals surface area (Å²) in [5.74, 6) is -2.43. The van der Waals surface area contributed by atoms with Crippen LogP contribution in [0.5, 0.6) is 0 Å². The van der Waals surface area contributed by atoms with Crippen molar-refractivity contribution in [2.45, 2.75) is 84.5 Å². The molecule has 0 aliphatic carbocycles. The van der Waals surface area contributed by atoms with Crippen molar-refractivity contribution in [2.75, 3.05) is 6.54 Å². The van der Waals surface area contributed by atoms with Gasteiger partial charge in [-0.2, -0.15) is 0 Å². The van der Waals surface area contributed by atoms with Crippen molar-refractivity contribution in [2.24, 2.45) is 0 Å². The Morgan fingerprint density at radius 2 is 1.12 bits per heavy atom. The van der Waals surface area contributed by atoms with E-state index in [2.05, 4.69) is 12.2 Å². The number of hydrogen-bond donors (Lipinski definition) is 1. The van der Waals surface area contributed by atoms with Crippen molar-refractivity contribution in [3.8, 4) is 0 Å². The second kappa shape index (κ2) is 26.6. The number of aliphatic carboxylic acids is 2. The number of carbonyl (C=O) groups is 3. The van der Waals surface area contributed by atoms with Crippen molar-refractivity contribution < 1.29 is 83.7 Å². The first-order valence-corrected chi connectivity index (χ1v) is 8.60. The van der Waals surface area contributed by atoms with Crippen molar-refractivity contribution in [3.05, 3.63) is 0 Å². The van der Waals surface area contributed by atoms with Gasteiger partial charge in [0.05, 0.1) is 12.5 Å². The summed E-state index contributed by atoms with van der Waals surface area (Å²) >= 11 is 0. The van der Waals surface area contributed by atoms with Gasteiger partial charge in [-0.05, 0) is 12.8 Å². The van der Waals surface area contributed by atoms with Crippen LogP contribution in [0.1, 0.15) is 84.5 Å². The molecule has 0 bridgehead atoms. The molecule has 0 heterocycles. The van der Waals surface area contributed by atoms with Crippen molar-refractivity contribution >= 4 is 17.8 Å². The molecule has 0 aliphatic rings. The van der Waals surface area contributed by atoms with E-state index in [0.717, 1.165) is 12.8 Å². The zero-order valence-electron chi connectivity index (χ0n) is 16.5. The molecular formula is C17H31NNa2O5. The Morgan fingerprint density at radius 3 is 1.48 bits per heavy atom. The summed E-state index contributed by atoms with van der Waals surface area (Å²) in [6.45, 7) is 3.37. The number of carboxylic acids is 2. The molecule has 0 radical (unpaired) electrons. The number of nitrogens with one attached hydrogen (secondary N) is 1. The molecule has 6 nitrogen and oxygen atoms in total. The minimum absolute atomic E-state index is 0. The first-order valence-electron chi connectivity index (χ1n) is 8.60. The van der Waals surface area contributed by atoms with E-state index in [0.29, 0.717) is 6.42 Å². The molecule has 0 unspecified atom stereocenters. The Balaban J connectivity index is -0.000000276. The molecule has 0 aromatic rings. The van der Waals surface area contributed by atoms with Crippen LogP contribution in [0.2, 0.25) is 0 Å². The van der Waals surface area contributed by atoms with Crippen LogP contribution in [0.3, 0.4) is 0 Å². The van der Waals surface area contributed by atoms with Gasteiger partial charge in [0, 0.05) is 12.4 Å². The van der Waals surface area contributed by atoms with Gasteiger partial charge in [0.2, 0.25) is 5.91 Å². The molecular weight excluding hydrogens is 344 g/mol. The Labute approximate surface area is 196 Å². The largest absolute Gasteiger partial charge is 1.00 e. The predicted octanol–water partition coefficient (Wildman–Crippen LogP) is -5.07. The third-order valence-electron chi connectivity index (χ3n) is 3.23. The summed E-state index contributed by atoms with van der Waals surface area (Å²) in [7, 11) is 0. The van der Waals surface area contributed by atoms with Gasteiger partial charge in [0.1, 0.15) is 0 Å². The van der Waals surface area contributed by atoms with Crippen LogP contribution >= 0.6 is 0 Å². The number of hydrogen-bond acceptors (Lipinski definition) is 5. The summed E-state index contributed by atoms with van der Waals surface area (Å²) in [5.41, 5.74) is 0. The SMILES string of the molecule is CCC(=O)[O-].CCCCCCCCCCCC(=O)NCC(=O)[O-].[Na+].[Na+]. The monoisotopic (exact) mass is 375 g/mol. The van der Waals surface area contributed by atoms with Gasteiger partial charge in [0.25, 0.3) is 0 Å². The number of unbranched alkanes of at least 4 members (excludes halogenated alkanes) is 8. The molecule has 8 heteroatoms. The average Bonchev–Trinajstić information content (AvgIpc) is 2.51. The van der Waals surface area contributed by atoms with Gasteiger partial charge in [-0.3, -0.25) is 4.79 Å². The van der Waals surface area contributed by atoms with Gasteiger partial charge in [-0.15, -0.1) is 0 Å². The molecule has 0 atom stereocenters. The van der Waals surface area contributed by atoms with E-state index in [1.54, 1.807) is 0 Å². The predicted molar refractivity (Wildman–Crippen MR) is 85.2 cm³/mol. The summed E-state index contributed by atoms with van der Waals surface area (Å²) < 4.78 is 0. The fraction of sp³-hybridized carbons (Fsp3) is 0.824. The van der Waals surface area contributed by atoms with E-state index >= 15 is 0 Å². The summed E-state index contributed by atoms with van der Waals surface area (Å²) in [5, 5.41) is 21.7. The fourth-order valence-corrected chi connectivity index (χ4v) is 1.86. The Hall–Kier alpha value is 0.410. The van der Waals surface area contributed by atoms with Gasteiger partial charge < -0.3 is 25.1 Å². The van der Waals surface area contributed by atoms with Gasteiger partial charge in [-0.1, -0.05) is 65.2 Å². The van der Waals surface area contributed by atoms with Crippen LogP contribution in [0.15, 0.2) is 0 Å². The molecule has 0 aliphatic heterocycles. The van der Waals surface area contributed by atoms with E-state index in [1.165, 1.54) is 51.9 Å². The molecule has 1 amide bonds. The second-order valence-electron chi connectivity index (χ2n) is 5.45. The van der Waals surface area contributed by atoms with E-state index in [4.69, 9.17) is 0 Å². The molecule has 25 heavy (non-hydrogen) atoms. The Bertz CT molecular complexity index is 328. The minimum atomic E-state index is -1.24. The van der Waals surface area contributed by atoms with Gasteiger partial charge >= 0.3 is 59.1 Å². The maximum atomic E-state index is 11.2. The number of amides is 1. The first-order chi connectivity index (χ1) is 10.9. The van der Waals surface area contributed by atoms with E-state index < -0.39 is 11.9 Å². The zero-order valence-corrected chi connectivity index (χ0v) is 20.5. The molecule has 0 spiro atoms. The van der Waals surface area contributed by atoms with E-state index in [-0.39, 0.29) is 78.0 Å². The first kappa shape index (κ1) is 33.0. The number of carboxylic acid groups (broad SMARTS) is 2. The topological polar surface area (TPSA) is 109 Å². The molecule has 1 N–H and O–H groups in total. The molecule has 0 saturated carbocycles. The number of carbonyl (C=O) groups excluding carboxylic acids is 3. The smallest absolute Gasteiger partial charge is 0.550 e. The molecule has 0 aromatic heterocycles. The normalized spacial score (nSPS) is 8.88. The number of rotatable bonds is 13. The van der Waals surface area contributed by atoms with Crippen LogP contribution in [0.4, 0.5) is 0 Å². The molecule has 0 rings (SSSR count). The maximum absolute atomic E-state index is 11.2. The van der Waals surface area contributed by atoms with Crippen LogP contribution in [0, 0.1) is 0 Å². The van der Waals surface area contributed by atoms with Crippen molar-refractivity contribution in [1.82, 2.24) is 5.32 Å². The van der Waals surface area contributed by atoms with Crippen LogP contribution in [-0.4, -0.2) is 24.4 Å². The van der Waals surface area contributed by atoms with Crippen LogP contribution < -0.4 is 74.6 Å². The second-order valence-corrected chi connectivity index (χ2v) is 5.45. The maximum Gasteiger partial charge on any atom is 1.00 e. The van der Waals surface area contributed by atoms with Gasteiger partial charge in [0.15, 0.2) is 0 Å². The molecule has 0 saturated heterocycles. The quantitative estimate of drug-likeness (QED) is 0.256. The van der Waals surface area contributed by atoms with Crippen LogP contribution in [0.25, 0.3) is 0 Å². The Morgan fingerprint density at radius 1 is 0.720 bits per heavy atom. The van der Waals surface area contributed by atoms with E-state index in [9.17, 15) is 24.6 Å². The third-order valence-corrected chi connectivity index (χ3v) is 3.23. The average molecular weight is 375 g/mol. The minimum Gasteiger partial charge on any atom is -0.550 e. The summed E-state index contributed by atoms with van der Waals surface area (Å²) in [4.78, 5) is 30.5. The summed E-state index contributed by atoms with van der Waals surface area (Å²) in [6.07, 6.45) is 11.4.